The molecule has 1 aromatic carbocycles. The third kappa shape index (κ3) is 4.60. The number of para-hydroxylation sites is 1. The highest BCUT2D eigenvalue weighted by Gasteiger charge is 2.16. The van der Waals surface area contributed by atoms with Gasteiger partial charge < -0.3 is 9.73 Å². The van der Waals surface area contributed by atoms with Gasteiger partial charge in [0.25, 0.3) is 5.56 Å². The first-order valence-electron chi connectivity index (χ1n) is 8.90. The Bertz CT molecular complexity index is 980. The van der Waals surface area contributed by atoms with E-state index < -0.39 is 0 Å². The normalized spacial score (nSPS) is 12.4. The molecule has 0 aliphatic heterocycles. The first-order chi connectivity index (χ1) is 13.0. The van der Waals surface area contributed by atoms with Crippen LogP contribution in [0.5, 0.6) is 0 Å². The maximum atomic E-state index is 13.0. The number of thioether (sulfide) groups is 1. The fourth-order valence-electron chi connectivity index (χ4n) is 2.55. The lowest BCUT2D eigenvalue weighted by molar-refractivity contribution is -0.119. The summed E-state index contributed by atoms with van der Waals surface area (Å²) in [5, 5.41) is 4.02. The molecule has 27 heavy (non-hydrogen) atoms. The van der Waals surface area contributed by atoms with E-state index in [0.29, 0.717) is 27.7 Å². The Morgan fingerprint density at radius 3 is 2.70 bits per heavy atom. The summed E-state index contributed by atoms with van der Waals surface area (Å²) < 4.78 is 6.95. The highest BCUT2D eigenvalue weighted by Crippen LogP contribution is 2.19. The van der Waals surface area contributed by atoms with Gasteiger partial charge in [-0.05, 0) is 37.1 Å². The molecule has 1 amide bonds. The third-order valence-corrected chi connectivity index (χ3v) is 5.42. The number of hydrogen-bond donors (Lipinski definition) is 1. The van der Waals surface area contributed by atoms with Gasteiger partial charge in [0.2, 0.25) is 5.91 Å². The summed E-state index contributed by atoms with van der Waals surface area (Å²) in [6.45, 7) is 6.37. The van der Waals surface area contributed by atoms with E-state index in [9.17, 15) is 9.59 Å². The average molecular weight is 385 g/mol. The Kier molecular flexibility index (Phi) is 6.01. The number of carbonyl (C=O) groups is 1. The lowest BCUT2D eigenvalue weighted by Gasteiger charge is -2.17. The van der Waals surface area contributed by atoms with E-state index in [1.807, 2.05) is 25.1 Å². The summed E-state index contributed by atoms with van der Waals surface area (Å²) in [6, 6.07) is 10.9. The van der Waals surface area contributed by atoms with E-state index in [4.69, 9.17) is 4.42 Å². The molecule has 0 fully saturated rings. The van der Waals surface area contributed by atoms with Crippen molar-refractivity contribution >= 4 is 28.6 Å². The zero-order valence-electron chi connectivity index (χ0n) is 15.6. The molecule has 1 atom stereocenters. The molecule has 0 aliphatic carbocycles. The van der Waals surface area contributed by atoms with Crippen LogP contribution in [0, 0.1) is 5.92 Å². The van der Waals surface area contributed by atoms with Gasteiger partial charge in [-0.25, -0.2) is 4.98 Å². The monoisotopic (exact) mass is 385 g/mol. The summed E-state index contributed by atoms with van der Waals surface area (Å²) in [7, 11) is 0. The number of amides is 1. The Balaban J connectivity index is 1.88. The van der Waals surface area contributed by atoms with Crippen LogP contribution in [0.15, 0.2) is 57.0 Å². The van der Waals surface area contributed by atoms with Gasteiger partial charge in [-0.15, -0.1) is 0 Å². The van der Waals surface area contributed by atoms with E-state index in [1.54, 1.807) is 29.0 Å². The van der Waals surface area contributed by atoms with Crippen LogP contribution in [0.4, 0.5) is 0 Å². The van der Waals surface area contributed by atoms with Gasteiger partial charge in [-0.1, -0.05) is 37.7 Å². The number of carbonyl (C=O) groups excluding carboxylic acids is 1. The molecular formula is C20H23N3O3S. The standard InChI is InChI=1S/C20H23N3O3S/c1-13(2)14(3)21-18(24)12-27-20-22-17-9-5-4-8-16(17)19(25)23(20)11-15-7-6-10-26-15/h4-10,13-14H,11-12H2,1-3H3,(H,21,24). The zero-order chi connectivity index (χ0) is 19.4. The fourth-order valence-corrected chi connectivity index (χ4v) is 3.36. The molecule has 6 nitrogen and oxygen atoms in total. The fraction of sp³-hybridized carbons (Fsp3) is 0.350. The summed E-state index contributed by atoms with van der Waals surface area (Å²) in [5.41, 5.74) is 0.479. The maximum Gasteiger partial charge on any atom is 0.262 e. The summed E-state index contributed by atoms with van der Waals surface area (Å²) >= 11 is 1.26. The molecule has 1 unspecified atom stereocenters. The first kappa shape index (κ1) is 19.2. The van der Waals surface area contributed by atoms with Crippen LogP contribution in [0.25, 0.3) is 10.9 Å². The van der Waals surface area contributed by atoms with Crippen LogP contribution in [0.2, 0.25) is 0 Å². The first-order valence-corrected chi connectivity index (χ1v) is 9.88. The minimum Gasteiger partial charge on any atom is -0.467 e. The molecule has 3 aromatic rings. The van der Waals surface area contributed by atoms with E-state index in [2.05, 4.69) is 24.1 Å². The topological polar surface area (TPSA) is 77.1 Å². The number of hydrogen-bond acceptors (Lipinski definition) is 5. The molecule has 1 N–H and O–H groups in total. The van der Waals surface area contributed by atoms with Gasteiger partial charge in [0.1, 0.15) is 5.76 Å². The van der Waals surface area contributed by atoms with Crippen LogP contribution in [-0.4, -0.2) is 27.3 Å². The van der Waals surface area contributed by atoms with Crippen molar-refractivity contribution in [3.8, 4) is 0 Å². The lowest BCUT2D eigenvalue weighted by atomic mass is 10.1. The minimum atomic E-state index is -0.143. The van der Waals surface area contributed by atoms with Crippen molar-refractivity contribution in [2.45, 2.75) is 38.5 Å². The number of rotatable bonds is 7. The molecule has 0 saturated carbocycles. The molecule has 0 spiro atoms. The van der Waals surface area contributed by atoms with E-state index in [1.165, 1.54) is 11.8 Å². The second kappa shape index (κ2) is 8.43. The molecule has 7 heteroatoms. The van der Waals surface area contributed by atoms with E-state index >= 15 is 0 Å². The quantitative estimate of drug-likeness (QED) is 0.499. The van der Waals surface area contributed by atoms with Crippen LogP contribution in [-0.2, 0) is 11.3 Å². The number of aromatic nitrogens is 2. The molecule has 0 bridgehead atoms. The van der Waals surface area contributed by atoms with Crippen LogP contribution in [0.3, 0.4) is 0 Å². The largest absolute Gasteiger partial charge is 0.467 e. The van der Waals surface area contributed by atoms with Gasteiger partial charge in [0, 0.05) is 6.04 Å². The predicted octanol–water partition coefficient (Wildman–Crippen LogP) is 3.29. The van der Waals surface area contributed by atoms with Crippen molar-refractivity contribution < 1.29 is 9.21 Å². The summed E-state index contributed by atoms with van der Waals surface area (Å²) in [4.78, 5) is 29.8. The van der Waals surface area contributed by atoms with Gasteiger partial charge in [0.05, 0.1) is 29.5 Å². The van der Waals surface area contributed by atoms with Gasteiger partial charge in [-0.3, -0.25) is 14.2 Å². The molecular weight excluding hydrogens is 362 g/mol. The Morgan fingerprint density at radius 1 is 1.22 bits per heavy atom. The second-order valence-corrected chi connectivity index (χ2v) is 7.71. The number of nitrogens with one attached hydrogen (secondary N) is 1. The average Bonchev–Trinajstić information content (AvgIpc) is 3.15. The highest BCUT2D eigenvalue weighted by molar-refractivity contribution is 7.99. The van der Waals surface area contributed by atoms with Crippen LogP contribution in [0.1, 0.15) is 26.5 Å². The van der Waals surface area contributed by atoms with Gasteiger partial charge >= 0.3 is 0 Å². The lowest BCUT2D eigenvalue weighted by Crippen LogP contribution is -2.37. The van der Waals surface area contributed by atoms with Crippen molar-refractivity contribution in [2.75, 3.05) is 5.75 Å². The predicted molar refractivity (Wildman–Crippen MR) is 107 cm³/mol. The number of nitrogens with zero attached hydrogens (tertiary/aromatic N) is 2. The molecule has 0 saturated heterocycles. The van der Waals surface area contributed by atoms with E-state index in [0.717, 1.165) is 0 Å². The Hall–Kier alpha value is -2.54. The number of fused-ring (bicyclic) bond motifs is 1. The van der Waals surface area contributed by atoms with Crippen molar-refractivity contribution in [1.29, 1.82) is 0 Å². The summed E-state index contributed by atoms with van der Waals surface area (Å²) in [5.74, 6) is 1.14. The molecule has 3 rings (SSSR count). The Labute approximate surface area is 162 Å². The van der Waals surface area contributed by atoms with Crippen molar-refractivity contribution in [3.05, 3.63) is 58.8 Å². The van der Waals surface area contributed by atoms with Gasteiger partial charge in [-0.2, -0.15) is 0 Å². The third-order valence-electron chi connectivity index (χ3n) is 4.44. The van der Waals surface area contributed by atoms with Crippen LogP contribution < -0.4 is 10.9 Å². The van der Waals surface area contributed by atoms with E-state index in [-0.39, 0.29) is 29.8 Å². The van der Waals surface area contributed by atoms with Gasteiger partial charge in [0.15, 0.2) is 5.16 Å². The molecule has 142 valence electrons. The molecule has 2 aromatic heterocycles. The van der Waals surface area contributed by atoms with Crippen molar-refractivity contribution in [1.82, 2.24) is 14.9 Å². The second-order valence-electron chi connectivity index (χ2n) is 6.77. The minimum absolute atomic E-state index is 0.0758. The van der Waals surface area contributed by atoms with Crippen molar-refractivity contribution in [3.63, 3.8) is 0 Å². The number of benzene rings is 1. The molecule has 0 radical (unpaired) electrons. The maximum absolute atomic E-state index is 13.0. The molecule has 2 heterocycles. The summed E-state index contributed by atoms with van der Waals surface area (Å²) in [6.07, 6.45) is 1.57. The van der Waals surface area contributed by atoms with Crippen molar-refractivity contribution in [2.24, 2.45) is 5.92 Å². The molecule has 0 aliphatic rings. The zero-order valence-corrected chi connectivity index (χ0v) is 16.5. The highest BCUT2D eigenvalue weighted by atomic mass is 32.2. The smallest absolute Gasteiger partial charge is 0.262 e. The SMILES string of the molecule is CC(C)C(C)NC(=O)CSc1nc2ccccc2c(=O)n1Cc1ccco1. The van der Waals surface area contributed by atoms with Crippen LogP contribution >= 0.6 is 11.8 Å². The number of furan rings is 1. The Morgan fingerprint density at radius 2 is 2.00 bits per heavy atom.